The molecule has 9 atom stereocenters. The molecule has 27 heavy (non-hydrogen) atoms. The van der Waals surface area contributed by atoms with Gasteiger partial charge < -0.3 is 29.9 Å². The molecule has 1 heterocycles. The Bertz CT molecular complexity index is 535. The number of fused-ring (bicyclic) bond motifs is 1. The minimum atomic E-state index is -1.29. The van der Waals surface area contributed by atoms with Crippen molar-refractivity contribution in [3.63, 3.8) is 0 Å². The lowest BCUT2D eigenvalue weighted by Crippen LogP contribution is -2.60. The predicted molar refractivity (Wildman–Crippen MR) is 101 cm³/mol. The molecular formula is C21H38O6. The first kappa shape index (κ1) is 21.5. The number of rotatable bonds is 3. The van der Waals surface area contributed by atoms with Gasteiger partial charge in [0.2, 0.25) is 0 Å². The van der Waals surface area contributed by atoms with Gasteiger partial charge in [-0.1, -0.05) is 13.3 Å². The SMILES string of the molecule is C[C@@H]1O[C@@H](OC(C)(C)[C@@H]2CC[C@@]3(C)CCCC(C)(O)[C@@H]3C2)[C@H](O)[C@H](O)[C@H]1O. The van der Waals surface area contributed by atoms with Crippen LogP contribution in [0.2, 0.25) is 0 Å². The maximum atomic E-state index is 11.0. The van der Waals surface area contributed by atoms with Crippen molar-refractivity contribution in [1.29, 1.82) is 0 Å². The minimum absolute atomic E-state index is 0.171. The lowest BCUT2D eigenvalue weighted by atomic mass is 9.52. The van der Waals surface area contributed by atoms with Gasteiger partial charge in [-0.05, 0) is 77.0 Å². The topological polar surface area (TPSA) is 99.4 Å². The molecule has 3 rings (SSSR count). The highest BCUT2D eigenvalue weighted by atomic mass is 16.7. The van der Waals surface area contributed by atoms with Gasteiger partial charge in [0.05, 0.1) is 17.3 Å². The molecule has 3 aliphatic rings. The largest absolute Gasteiger partial charge is 0.390 e. The van der Waals surface area contributed by atoms with Gasteiger partial charge in [0.1, 0.15) is 18.3 Å². The Morgan fingerprint density at radius 1 is 1.00 bits per heavy atom. The molecule has 1 saturated heterocycles. The Balaban J connectivity index is 1.72. The standard InChI is InChI=1S/C21H38O6/c1-12-15(22)16(23)17(24)18(26-12)27-19(2,3)13-7-10-20(4)8-6-9-21(5,25)14(20)11-13/h12-18,22-25H,6-11H2,1-5H3/t12-,13+,14+,15-,16+,17+,18-,20+,21?/m0/s1. The van der Waals surface area contributed by atoms with Crippen molar-refractivity contribution in [2.24, 2.45) is 17.3 Å². The van der Waals surface area contributed by atoms with Gasteiger partial charge in [-0.25, -0.2) is 0 Å². The summed E-state index contributed by atoms with van der Waals surface area (Å²) >= 11 is 0. The van der Waals surface area contributed by atoms with Gasteiger partial charge in [-0.3, -0.25) is 0 Å². The zero-order chi connectivity index (χ0) is 20.2. The van der Waals surface area contributed by atoms with Crippen molar-refractivity contribution in [1.82, 2.24) is 0 Å². The highest BCUT2D eigenvalue weighted by Crippen LogP contribution is 2.57. The molecule has 0 amide bonds. The molecule has 2 aliphatic carbocycles. The first-order valence-corrected chi connectivity index (χ1v) is 10.5. The highest BCUT2D eigenvalue weighted by Gasteiger charge is 2.54. The van der Waals surface area contributed by atoms with Crippen LogP contribution < -0.4 is 0 Å². The second kappa shape index (κ2) is 7.22. The van der Waals surface area contributed by atoms with Crippen LogP contribution in [0.5, 0.6) is 0 Å². The van der Waals surface area contributed by atoms with Crippen LogP contribution in [0.25, 0.3) is 0 Å². The molecule has 1 aliphatic heterocycles. The summed E-state index contributed by atoms with van der Waals surface area (Å²) in [5.74, 6) is 0.444. The fraction of sp³-hybridized carbons (Fsp3) is 1.00. The summed E-state index contributed by atoms with van der Waals surface area (Å²) in [4.78, 5) is 0. The Hall–Kier alpha value is -0.240. The molecule has 6 heteroatoms. The summed E-state index contributed by atoms with van der Waals surface area (Å²) in [6.45, 7) is 9.93. The van der Waals surface area contributed by atoms with E-state index in [1.54, 1.807) is 6.92 Å². The summed E-state index contributed by atoms with van der Waals surface area (Å²) in [6, 6.07) is 0. The predicted octanol–water partition coefficient (Wildman–Crippen LogP) is 1.97. The molecule has 0 spiro atoms. The average molecular weight is 387 g/mol. The molecule has 158 valence electrons. The quantitative estimate of drug-likeness (QED) is 0.592. The zero-order valence-electron chi connectivity index (χ0n) is 17.4. The van der Waals surface area contributed by atoms with Crippen LogP contribution in [0.1, 0.15) is 73.1 Å². The van der Waals surface area contributed by atoms with Crippen molar-refractivity contribution < 1.29 is 29.9 Å². The fourth-order valence-corrected chi connectivity index (χ4v) is 5.83. The van der Waals surface area contributed by atoms with E-state index in [9.17, 15) is 20.4 Å². The van der Waals surface area contributed by atoms with Gasteiger partial charge in [0.25, 0.3) is 0 Å². The molecule has 1 unspecified atom stereocenters. The average Bonchev–Trinajstić information content (AvgIpc) is 2.56. The minimum Gasteiger partial charge on any atom is -0.390 e. The van der Waals surface area contributed by atoms with Crippen molar-refractivity contribution in [3.8, 4) is 0 Å². The van der Waals surface area contributed by atoms with Crippen LogP contribution in [0.15, 0.2) is 0 Å². The van der Waals surface area contributed by atoms with E-state index in [1.165, 1.54) is 0 Å². The molecule has 0 aromatic rings. The lowest BCUT2D eigenvalue weighted by molar-refractivity contribution is -0.325. The van der Waals surface area contributed by atoms with Crippen molar-refractivity contribution in [2.45, 2.75) is 115 Å². The van der Waals surface area contributed by atoms with Crippen molar-refractivity contribution in [2.75, 3.05) is 0 Å². The highest BCUT2D eigenvalue weighted by molar-refractivity contribution is 5.03. The molecule has 0 aromatic heterocycles. The van der Waals surface area contributed by atoms with E-state index < -0.39 is 41.9 Å². The first-order chi connectivity index (χ1) is 12.4. The summed E-state index contributed by atoms with van der Waals surface area (Å²) in [7, 11) is 0. The lowest BCUT2D eigenvalue weighted by Gasteiger charge is -2.56. The van der Waals surface area contributed by atoms with E-state index in [1.807, 2.05) is 20.8 Å². The van der Waals surface area contributed by atoms with Crippen molar-refractivity contribution in [3.05, 3.63) is 0 Å². The summed E-state index contributed by atoms with van der Waals surface area (Å²) in [5, 5.41) is 41.2. The molecular weight excluding hydrogens is 348 g/mol. The van der Waals surface area contributed by atoms with Gasteiger partial charge in [0, 0.05) is 0 Å². The van der Waals surface area contributed by atoms with Crippen LogP contribution in [0.4, 0.5) is 0 Å². The third-order valence-corrected chi connectivity index (χ3v) is 7.82. The van der Waals surface area contributed by atoms with E-state index in [0.717, 1.165) is 38.5 Å². The maximum absolute atomic E-state index is 11.0. The molecule has 4 N–H and O–H groups in total. The van der Waals surface area contributed by atoms with E-state index >= 15 is 0 Å². The number of ether oxygens (including phenoxy) is 2. The Morgan fingerprint density at radius 2 is 1.67 bits per heavy atom. The second-order valence-corrected chi connectivity index (χ2v) is 10.3. The van der Waals surface area contributed by atoms with Crippen LogP contribution in [-0.4, -0.2) is 62.3 Å². The molecule has 0 bridgehead atoms. The van der Waals surface area contributed by atoms with Crippen molar-refractivity contribution >= 4 is 0 Å². The first-order valence-electron chi connectivity index (χ1n) is 10.5. The third-order valence-electron chi connectivity index (χ3n) is 7.82. The number of aliphatic hydroxyl groups is 4. The number of hydrogen-bond donors (Lipinski definition) is 4. The Kier molecular flexibility index (Phi) is 5.74. The Labute approximate surface area is 162 Å². The van der Waals surface area contributed by atoms with Crippen LogP contribution in [-0.2, 0) is 9.47 Å². The van der Waals surface area contributed by atoms with Gasteiger partial charge in [-0.15, -0.1) is 0 Å². The smallest absolute Gasteiger partial charge is 0.187 e. The van der Waals surface area contributed by atoms with Crippen LogP contribution >= 0.6 is 0 Å². The summed E-state index contributed by atoms with van der Waals surface area (Å²) in [6.07, 6.45) is 0.704. The molecule has 0 radical (unpaired) electrons. The monoisotopic (exact) mass is 386 g/mol. The van der Waals surface area contributed by atoms with Crippen LogP contribution in [0.3, 0.4) is 0 Å². The molecule has 2 saturated carbocycles. The van der Waals surface area contributed by atoms with E-state index in [2.05, 4.69) is 6.92 Å². The van der Waals surface area contributed by atoms with E-state index in [-0.39, 0.29) is 17.3 Å². The van der Waals surface area contributed by atoms with E-state index in [4.69, 9.17) is 9.47 Å². The third kappa shape index (κ3) is 3.94. The van der Waals surface area contributed by atoms with Gasteiger partial charge >= 0.3 is 0 Å². The Morgan fingerprint density at radius 3 is 2.33 bits per heavy atom. The van der Waals surface area contributed by atoms with Crippen LogP contribution in [0, 0.1) is 17.3 Å². The summed E-state index contributed by atoms with van der Waals surface area (Å²) < 4.78 is 11.8. The van der Waals surface area contributed by atoms with E-state index in [0.29, 0.717) is 0 Å². The van der Waals surface area contributed by atoms with Gasteiger partial charge in [-0.2, -0.15) is 0 Å². The second-order valence-electron chi connectivity index (χ2n) is 10.3. The molecule has 6 nitrogen and oxygen atoms in total. The molecule has 0 aromatic carbocycles. The normalized spacial score (nSPS) is 51.7. The zero-order valence-corrected chi connectivity index (χ0v) is 17.4. The number of aliphatic hydroxyl groups excluding tert-OH is 3. The molecule has 3 fully saturated rings. The van der Waals surface area contributed by atoms with Gasteiger partial charge in [0.15, 0.2) is 6.29 Å². The maximum Gasteiger partial charge on any atom is 0.187 e. The fourth-order valence-electron chi connectivity index (χ4n) is 5.83. The number of hydrogen-bond acceptors (Lipinski definition) is 6. The summed E-state index contributed by atoms with van der Waals surface area (Å²) in [5.41, 5.74) is -1.07.